The lowest BCUT2D eigenvalue weighted by Gasteiger charge is -2.16. The topological polar surface area (TPSA) is 91.3 Å². The van der Waals surface area contributed by atoms with E-state index in [1.807, 2.05) is 0 Å². The van der Waals surface area contributed by atoms with E-state index in [2.05, 4.69) is 15.6 Å². The second-order valence-corrected chi connectivity index (χ2v) is 9.72. The third kappa shape index (κ3) is 7.53. The van der Waals surface area contributed by atoms with Gasteiger partial charge in [0.15, 0.2) is 0 Å². The number of aliphatic carboxylic acids is 1. The van der Waals surface area contributed by atoms with Gasteiger partial charge < -0.3 is 15.7 Å². The number of amides is 1. The standard InChI is InChI=1S/C29H21Cl2F4N3O3/c30-19-4-6-22(25(32)12-19)21-7-5-20(13-24(21)31)37-14-16-1-3-18(29(33,34)35)11-23(16)17-2-8-26(38-15-17)28(41)36-10-9-27(39)40/h1-8,11-13,15,37H,9-10,14H2,(H,36,41)(H,39,40). The Morgan fingerprint density at radius 3 is 2.29 bits per heavy atom. The average Bonchev–Trinajstić information content (AvgIpc) is 2.91. The van der Waals surface area contributed by atoms with E-state index in [1.54, 1.807) is 24.3 Å². The monoisotopic (exact) mass is 605 g/mol. The average molecular weight is 606 g/mol. The number of nitrogens with one attached hydrogen (secondary N) is 2. The van der Waals surface area contributed by atoms with Gasteiger partial charge in [0.2, 0.25) is 0 Å². The zero-order chi connectivity index (χ0) is 29.7. The minimum atomic E-state index is -4.58. The highest BCUT2D eigenvalue weighted by Gasteiger charge is 2.31. The molecule has 3 aromatic carbocycles. The van der Waals surface area contributed by atoms with Gasteiger partial charge in [-0.25, -0.2) is 4.39 Å². The Morgan fingerprint density at radius 1 is 0.902 bits per heavy atom. The Morgan fingerprint density at radius 2 is 1.66 bits per heavy atom. The van der Waals surface area contributed by atoms with E-state index in [4.69, 9.17) is 28.3 Å². The fourth-order valence-corrected chi connectivity index (χ4v) is 4.43. The summed E-state index contributed by atoms with van der Waals surface area (Å²) >= 11 is 12.2. The lowest BCUT2D eigenvalue weighted by molar-refractivity contribution is -0.138. The summed E-state index contributed by atoms with van der Waals surface area (Å²) in [7, 11) is 0. The lowest BCUT2D eigenvalue weighted by Crippen LogP contribution is -2.26. The quantitative estimate of drug-likeness (QED) is 0.170. The summed E-state index contributed by atoms with van der Waals surface area (Å²) in [6, 6.07) is 15.2. The van der Waals surface area contributed by atoms with E-state index in [-0.39, 0.29) is 46.4 Å². The van der Waals surface area contributed by atoms with E-state index in [9.17, 15) is 27.2 Å². The van der Waals surface area contributed by atoms with Crippen LogP contribution in [0.5, 0.6) is 0 Å². The number of halogens is 6. The highest BCUT2D eigenvalue weighted by atomic mass is 35.5. The third-order valence-electron chi connectivity index (χ3n) is 6.04. The molecule has 0 spiro atoms. The van der Waals surface area contributed by atoms with Crippen LogP contribution in [0.3, 0.4) is 0 Å². The maximum atomic E-state index is 14.4. The number of carbonyl (C=O) groups is 2. The molecule has 212 valence electrons. The first kappa shape index (κ1) is 29.8. The van der Waals surface area contributed by atoms with Gasteiger partial charge in [-0.15, -0.1) is 0 Å². The molecule has 1 amide bonds. The number of hydrogen-bond donors (Lipinski definition) is 3. The number of benzene rings is 3. The van der Waals surface area contributed by atoms with Crippen molar-refractivity contribution in [1.29, 1.82) is 0 Å². The summed E-state index contributed by atoms with van der Waals surface area (Å²) in [5.41, 5.74) is 1.46. The van der Waals surface area contributed by atoms with Crippen molar-refractivity contribution >= 4 is 40.8 Å². The van der Waals surface area contributed by atoms with Crippen molar-refractivity contribution in [2.45, 2.75) is 19.1 Å². The first-order valence-electron chi connectivity index (χ1n) is 12.1. The predicted molar refractivity (Wildman–Crippen MR) is 148 cm³/mol. The molecule has 1 heterocycles. The molecule has 0 aliphatic heterocycles. The maximum absolute atomic E-state index is 14.4. The van der Waals surface area contributed by atoms with Gasteiger partial charge >= 0.3 is 12.1 Å². The van der Waals surface area contributed by atoms with Crippen molar-refractivity contribution in [3.05, 3.63) is 106 Å². The number of nitrogens with zero attached hydrogens (tertiary/aromatic N) is 1. The molecule has 4 rings (SSSR count). The minimum Gasteiger partial charge on any atom is -0.481 e. The molecule has 0 radical (unpaired) electrons. The molecule has 3 N–H and O–H groups in total. The van der Waals surface area contributed by atoms with E-state index >= 15 is 0 Å². The van der Waals surface area contributed by atoms with E-state index in [0.29, 0.717) is 22.4 Å². The van der Waals surface area contributed by atoms with E-state index in [1.165, 1.54) is 36.5 Å². The Kier molecular flexibility index (Phi) is 9.14. The fourth-order valence-electron chi connectivity index (χ4n) is 3.99. The molecule has 4 aromatic rings. The Bertz CT molecular complexity index is 1600. The van der Waals surface area contributed by atoms with Crippen molar-refractivity contribution in [1.82, 2.24) is 10.3 Å². The normalized spacial score (nSPS) is 11.3. The molecule has 1 aromatic heterocycles. The van der Waals surface area contributed by atoms with Crippen LogP contribution < -0.4 is 10.6 Å². The number of hydrogen-bond acceptors (Lipinski definition) is 4. The highest BCUT2D eigenvalue weighted by molar-refractivity contribution is 6.33. The van der Waals surface area contributed by atoms with Gasteiger partial charge in [-0.2, -0.15) is 13.2 Å². The van der Waals surface area contributed by atoms with Gasteiger partial charge in [-0.1, -0.05) is 41.4 Å². The van der Waals surface area contributed by atoms with Crippen LogP contribution in [0, 0.1) is 5.82 Å². The Labute approximate surface area is 241 Å². The lowest BCUT2D eigenvalue weighted by atomic mass is 9.97. The molecule has 0 aliphatic rings. The zero-order valence-corrected chi connectivity index (χ0v) is 22.5. The molecule has 0 unspecified atom stereocenters. The third-order valence-corrected chi connectivity index (χ3v) is 6.59. The summed E-state index contributed by atoms with van der Waals surface area (Å²) in [5, 5.41) is 14.7. The number of carboxylic acids is 1. The van der Waals surface area contributed by atoms with Gasteiger partial charge in [-0.3, -0.25) is 14.6 Å². The molecule has 0 saturated carbocycles. The molecule has 0 atom stereocenters. The van der Waals surface area contributed by atoms with Gasteiger partial charge in [0.1, 0.15) is 11.5 Å². The summed E-state index contributed by atoms with van der Waals surface area (Å²) < 4.78 is 54.9. The highest BCUT2D eigenvalue weighted by Crippen LogP contribution is 2.36. The molecule has 0 saturated heterocycles. The largest absolute Gasteiger partial charge is 0.481 e. The second kappa shape index (κ2) is 12.6. The van der Waals surface area contributed by atoms with Gasteiger partial charge in [0.05, 0.1) is 17.0 Å². The fraction of sp³-hybridized carbons (Fsp3) is 0.138. The number of carbonyl (C=O) groups excluding carboxylic acids is 1. The van der Waals surface area contributed by atoms with Crippen molar-refractivity contribution < 1.29 is 32.3 Å². The number of anilines is 1. The van der Waals surface area contributed by atoms with Crippen LogP contribution in [0.15, 0.2) is 72.9 Å². The molecule has 6 nitrogen and oxygen atoms in total. The molecule has 0 bridgehead atoms. The van der Waals surface area contributed by atoms with Crippen molar-refractivity contribution in [2.75, 3.05) is 11.9 Å². The number of rotatable bonds is 9. The molecular weight excluding hydrogens is 585 g/mol. The second-order valence-electron chi connectivity index (χ2n) is 8.87. The maximum Gasteiger partial charge on any atom is 0.416 e. The van der Waals surface area contributed by atoms with Crippen molar-refractivity contribution in [2.24, 2.45) is 0 Å². The number of pyridine rings is 1. The van der Waals surface area contributed by atoms with Crippen LogP contribution in [0.1, 0.15) is 28.0 Å². The number of aromatic nitrogens is 1. The number of alkyl halides is 3. The summed E-state index contributed by atoms with van der Waals surface area (Å²) in [4.78, 5) is 26.9. The SMILES string of the molecule is O=C(O)CCNC(=O)c1ccc(-c2cc(C(F)(F)F)ccc2CNc2ccc(-c3ccc(Cl)cc3F)c(Cl)c2)cn1. The summed E-state index contributed by atoms with van der Waals surface area (Å²) in [6.45, 7) is 0.0105. The van der Waals surface area contributed by atoms with Crippen LogP contribution in [0.25, 0.3) is 22.3 Å². The first-order valence-corrected chi connectivity index (χ1v) is 12.8. The molecule has 0 fully saturated rings. The minimum absolute atomic E-state index is 0.0161. The smallest absolute Gasteiger partial charge is 0.416 e. The molecule has 0 aliphatic carbocycles. The van der Waals surface area contributed by atoms with Gasteiger partial charge in [0, 0.05) is 46.7 Å². The zero-order valence-electron chi connectivity index (χ0n) is 21.0. The van der Waals surface area contributed by atoms with Gasteiger partial charge in [-0.05, 0) is 59.7 Å². The summed E-state index contributed by atoms with van der Waals surface area (Å²) in [6.07, 6.45) is -3.58. The van der Waals surface area contributed by atoms with Crippen LogP contribution in [-0.4, -0.2) is 28.5 Å². The molecular formula is C29H21Cl2F4N3O3. The van der Waals surface area contributed by atoms with Crippen LogP contribution >= 0.6 is 23.2 Å². The first-order chi connectivity index (χ1) is 19.4. The van der Waals surface area contributed by atoms with Gasteiger partial charge in [0.25, 0.3) is 5.91 Å². The van der Waals surface area contributed by atoms with E-state index in [0.717, 1.165) is 12.1 Å². The Hall–Kier alpha value is -4.15. The van der Waals surface area contributed by atoms with E-state index < -0.39 is 29.4 Å². The predicted octanol–water partition coefficient (Wildman–Crippen LogP) is 7.70. The van der Waals surface area contributed by atoms with Crippen molar-refractivity contribution in [3.8, 4) is 22.3 Å². The molecule has 41 heavy (non-hydrogen) atoms. The van der Waals surface area contributed by atoms with Crippen LogP contribution in [0.2, 0.25) is 10.0 Å². The Balaban J connectivity index is 1.57. The van der Waals surface area contributed by atoms with Crippen LogP contribution in [-0.2, 0) is 17.5 Å². The number of carboxylic acid groups (broad SMARTS) is 1. The summed E-state index contributed by atoms with van der Waals surface area (Å²) in [5.74, 6) is -2.22. The van der Waals surface area contributed by atoms with Crippen LogP contribution in [0.4, 0.5) is 23.2 Å². The molecule has 12 heteroatoms. The van der Waals surface area contributed by atoms with Crippen molar-refractivity contribution in [3.63, 3.8) is 0 Å².